The molecule has 0 saturated carbocycles. The molecule has 0 radical (unpaired) electrons. The van der Waals surface area contributed by atoms with E-state index in [4.69, 9.17) is 5.73 Å². The highest BCUT2D eigenvalue weighted by atomic mass is 32.2. The minimum atomic E-state index is -3.66. The quantitative estimate of drug-likeness (QED) is 0.847. The van der Waals surface area contributed by atoms with Crippen LogP contribution in [0.5, 0.6) is 5.75 Å². The van der Waals surface area contributed by atoms with E-state index < -0.39 is 10.0 Å². The first-order chi connectivity index (χ1) is 9.82. The van der Waals surface area contributed by atoms with Gasteiger partial charge in [0, 0.05) is 24.8 Å². The zero-order valence-corrected chi connectivity index (χ0v) is 12.8. The standard InChI is InChI=1S/C15H18N2O3S/c1-11-7-8-13(16)9-15(11)21(19,20)17(2)10-12-5-3-4-6-14(12)18/h3-9,18H,10,16H2,1-2H3. The number of para-hydroxylation sites is 1. The molecule has 0 bridgehead atoms. The van der Waals surface area contributed by atoms with Crippen LogP contribution in [-0.2, 0) is 16.6 Å². The van der Waals surface area contributed by atoms with Crippen molar-refractivity contribution in [2.45, 2.75) is 18.4 Å². The van der Waals surface area contributed by atoms with Gasteiger partial charge in [0.05, 0.1) is 4.90 Å². The van der Waals surface area contributed by atoms with Crippen LogP contribution in [0, 0.1) is 6.92 Å². The van der Waals surface area contributed by atoms with E-state index in [9.17, 15) is 13.5 Å². The summed E-state index contributed by atoms with van der Waals surface area (Å²) < 4.78 is 26.4. The minimum Gasteiger partial charge on any atom is -0.508 e. The van der Waals surface area contributed by atoms with E-state index in [0.717, 1.165) is 0 Å². The zero-order chi connectivity index (χ0) is 15.6. The summed E-state index contributed by atoms with van der Waals surface area (Å²) in [5, 5.41) is 9.75. The monoisotopic (exact) mass is 306 g/mol. The first kappa shape index (κ1) is 15.3. The fourth-order valence-electron chi connectivity index (χ4n) is 2.03. The normalized spacial score (nSPS) is 11.8. The molecule has 2 aromatic rings. The van der Waals surface area contributed by atoms with Crippen molar-refractivity contribution < 1.29 is 13.5 Å². The molecule has 2 aromatic carbocycles. The van der Waals surface area contributed by atoms with Gasteiger partial charge in [0.1, 0.15) is 5.75 Å². The molecule has 0 aliphatic heterocycles. The van der Waals surface area contributed by atoms with Gasteiger partial charge in [0.25, 0.3) is 0 Å². The van der Waals surface area contributed by atoms with Crippen LogP contribution < -0.4 is 5.73 Å². The van der Waals surface area contributed by atoms with Gasteiger partial charge in [-0.05, 0) is 30.7 Å². The first-order valence-corrected chi connectivity index (χ1v) is 7.85. The Labute approximate surface area is 124 Å². The Morgan fingerprint density at radius 3 is 2.52 bits per heavy atom. The molecule has 2 rings (SSSR count). The Morgan fingerprint density at radius 2 is 1.86 bits per heavy atom. The molecule has 0 spiro atoms. The summed E-state index contributed by atoms with van der Waals surface area (Å²) in [6, 6.07) is 11.4. The second-order valence-corrected chi connectivity index (χ2v) is 6.93. The van der Waals surface area contributed by atoms with E-state index in [-0.39, 0.29) is 17.2 Å². The van der Waals surface area contributed by atoms with Crippen molar-refractivity contribution in [2.24, 2.45) is 0 Å². The summed E-state index contributed by atoms with van der Waals surface area (Å²) in [6.07, 6.45) is 0. The number of benzene rings is 2. The van der Waals surface area contributed by atoms with Gasteiger partial charge in [0.15, 0.2) is 0 Å². The van der Waals surface area contributed by atoms with Crippen LogP contribution in [0.15, 0.2) is 47.4 Å². The molecule has 0 unspecified atom stereocenters. The van der Waals surface area contributed by atoms with Crippen LogP contribution in [-0.4, -0.2) is 24.9 Å². The van der Waals surface area contributed by atoms with E-state index in [1.165, 1.54) is 23.5 Å². The highest BCUT2D eigenvalue weighted by Gasteiger charge is 2.23. The van der Waals surface area contributed by atoms with Crippen molar-refractivity contribution in [2.75, 3.05) is 12.8 Å². The molecule has 0 heterocycles. The molecule has 21 heavy (non-hydrogen) atoms. The van der Waals surface area contributed by atoms with Gasteiger partial charge in [-0.1, -0.05) is 24.3 Å². The highest BCUT2D eigenvalue weighted by Crippen LogP contribution is 2.24. The molecule has 0 aliphatic rings. The van der Waals surface area contributed by atoms with Crippen molar-refractivity contribution in [3.8, 4) is 5.75 Å². The van der Waals surface area contributed by atoms with Crippen LogP contribution in [0.1, 0.15) is 11.1 Å². The lowest BCUT2D eigenvalue weighted by molar-refractivity contribution is 0.435. The summed E-state index contributed by atoms with van der Waals surface area (Å²) in [7, 11) is -2.19. The number of hydrogen-bond donors (Lipinski definition) is 2. The SMILES string of the molecule is Cc1ccc(N)cc1S(=O)(=O)N(C)Cc1ccccc1O. The summed E-state index contributed by atoms with van der Waals surface area (Å²) >= 11 is 0. The predicted molar refractivity (Wildman–Crippen MR) is 82.4 cm³/mol. The summed E-state index contributed by atoms with van der Waals surface area (Å²) in [6.45, 7) is 1.81. The van der Waals surface area contributed by atoms with Gasteiger partial charge in [-0.15, -0.1) is 0 Å². The van der Waals surface area contributed by atoms with E-state index in [0.29, 0.717) is 16.8 Å². The van der Waals surface area contributed by atoms with Crippen LogP contribution in [0.4, 0.5) is 5.69 Å². The fourth-order valence-corrected chi connectivity index (χ4v) is 3.44. The van der Waals surface area contributed by atoms with Gasteiger partial charge >= 0.3 is 0 Å². The average molecular weight is 306 g/mol. The molecular weight excluding hydrogens is 288 g/mol. The number of nitrogens with zero attached hydrogens (tertiary/aromatic N) is 1. The smallest absolute Gasteiger partial charge is 0.243 e. The molecule has 0 aliphatic carbocycles. The van der Waals surface area contributed by atoms with Crippen LogP contribution in [0.3, 0.4) is 0 Å². The fraction of sp³-hybridized carbons (Fsp3) is 0.200. The lowest BCUT2D eigenvalue weighted by Gasteiger charge is -2.19. The van der Waals surface area contributed by atoms with Crippen LogP contribution in [0.25, 0.3) is 0 Å². The van der Waals surface area contributed by atoms with E-state index in [2.05, 4.69) is 0 Å². The molecular formula is C15H18N2O3S. The second kappa shape index (κ2) is 5.75. The summed E-state index contributed by atoms with van der Waals surface area (Å²) in [5.41, 5.74) is 7.26. The minimum absolute atomic E-state index is 0.0730. The first-order valence-electron chi connectivity index (χ1n) is 6.41. The Hall–Kier alpha value is -2.05. The second-order valence-electron chi connectivity index (χ2n) is 4.91. The third kappa shape index (κ3) is 3.17. The maximum Gasteiger partial charge on any atom is 0.243 e. The number of sulfonamides is 1. The van der Waals surface area contributed by atoms with Gasteiger partial charge < -0.3 is 10.8 Å². The third-order valence-corrected chi connectivity index (χ3v) is 5.23. The van der Waals surface area contributed by atoms with E-state index in [1.54, 1.807) is 37.3 Å². The molecule has 0 amide bonds. The van der Waals surface area contributed by atoms with Gasteiger partial charge in [-0.25, -0.2) is 8.42 Å². The number of hydrogen-bond acceptors (Lipinski definition) is 4. The molecule has 0 aromatic heterocycles. The maximum atomic E-state index is 12.6. The van der Waals surface area contributed by atoms with Crippen molar-refractivity contribution >= 4 is 15.7 Å². The molecule has 112 valence electrons. The number of nitrogen functional groups attached to an aromatic ring is 1. The molecule has 0 saturated heterocycles. The number of aromatic hydroxyl groups is 1. The third-order valence-electron chi connectivity index (χ3n) is 3.29. The van der Waals surface area contributed by atoms with E-state index in [1.807, 2.05) is 0 Å². The maximum absolute atomic E-state index is 12.6. The zero-order valence-electron chi connectivity index (χ0n) is 11.9. The summed E-state index contributed by atoms with van der Waals surface area (Å²) in [5.74, 6) is 0.0730. The number of nitrogens with two attached hydrogens (primary N) is 1. The topological polar surface area (TPSA) is 83.6 Å². The predicted octanol–water partition coefficient (Wildman–Crippen LogP) is 2.10. The lowest BCUT2D eigenvalue weighted by atomic mass is 10.2. The van der Waals surface area contributed by atoms with Crippen molar-refractivity contribution in [3.63, 3.8) is 0 Å². The van der Waals surface area contributed by atoms with Crippen LogP contribution in [0.2, 0.25) is 0 Å². The largest absolute Gasteiger partial charge is 0.508 e. The number of phenolic OH excluding ortho intramolecular Hbond substituents is 1. The Kier molecular flexibility index (Phi) is 4.20. The molecule has 5 nitrogen and oxygen atoms in total. The number of anilines is 1. The average Bonchev–Trinajstić information content (AvgIpc) is 2.43. The van der Waals surface area contributed by atoms with Crippen molar-refractivity contribution in [3.05, 3.63) is 53.6 Å². The van der Waals surface area contributed by atoms with E-state index >= 15 is 0 Å². The number of aryl methyl sites for hydroxylation is 1. The number of phenols is 1. The Balaban J connectivity index is 2.35. The Bertz CT molecular complexity index is 757. The molecule has 6 heteroatoms. The lowest BCUT2D eigenvalue weighted by Crippen LogP contribution is -2.27. The highest BCUT2D eigenvalue weighted by molar-refractivity contribution is 7.89. The van der Waals surface area contributed by atoms with Gasteiger partial charge in [0.2, 0.25) is 10.0 Å². The van der Waals surface area contributed by atoms with Crippen LogP contribution >= 0.6 is 0 Å². The van der Waals surface area contributed by atoms with Gasteiger partial charge in [-0.2, -0.15) is 4.31 Å². The Morgan fingerprint density at radius 1 is 1.19 bits per heavy atom. The summed E-state index contributed by atoms with van der Waals surface area (Å²) in [4.78, 5) is 0.181. The van der Waals surface area contributed by atoms with Crippen molar-refractivity contribution in [1.29, 1.82) is 0 Å². The number of rotatable bonds is 4. The molecule has 0 fully saturated rings. The van der Waals surface area contributed by atoms with Gasteiger partial charge in [-0.3, -0.25) is 0 Å². The molecule has 3 N–H and O–H groups in total. The van der Waals surface area contributed by atoms with Crippen molar-refractivity contribution in [1.82, 2.24) is 4.31 Å². The molecule has 0 atom stereocenters.